The van der Waals surface area contributed by atoms with Gasteiger partial charge in [-0.15, -0.1) is 0 Å². The summed E-state index contributed by atoms with van der Waals surface area (Å²) in [5, 5.41) is 7.72. The molecule has 7 heteroatoms. The van der Waals surface area contributed by atoms with E-state index in [4.69, 9.17) is 13.9 Å². The Morgan fingerprint density at radius 3 is 2.11 bits per heavy atom. The summed E-state index contributed by atoms with van der Waals surface area (Å²) in [5.74, 6) is 0. The third-order valence-electron chi connectivity index (χ3n) is 2.23. The SMILES string of the molecule is CON=C(C)C(=NOC)c1ccc(S(=O)OC)cc1. The lowest BCUT2D eigenvalue weighted by atomic mass is 10.1. The fourth-order valence-electron chi connectivity index (χ4n) is 1.42. The summed E-state index contributed by atoms with van der Waals surface area (Å²) in [6, 6.07) is 6.91. The molecule has 1 aromatic carbocycles. The standard InChI is InChI=1S/C12H16N2O4S/c1-9(13-16-2)12(14-17-3)10-5-7-11(8-6-10)19(15)18-4/h5-8H,1-4H3. The maximum atomic E-state index is 11.4. The predicted molar refractivity (Wildman–Crippen MR) is 73.5 cm³/mol. The summed E-state index contributed by atoms with van der Waals surface area (Å²) in [6.07, 6.45) is 0. The van der Waals surface area contributed by atoms with Crippen molar-refractivity contribution < 1.29 is 18.1 Å². The van der Waals surface area contributed by atoms with Gasteiger partial charge in [0.05, 0.1) is 12.0 Å². The lowest BCUT2D eigenvalue weighted by Crippen LogP contribution is -2.13. The number of benzene rings is 1. The zero-order chi connectivity index (χ0) is 14.3. The second-order valence-electron chi connectivity index (χ2n) is 3.41. The third-order valence-corrected chi connectivity index (χ3v) is 3.18. The van der Waals surface area contributed by atoms with Gasteiger partial charge in [0.15, 0.2) is 11.1 Å². The summed E-state index contributed by atoms with van der Waals surface area (Å²) in [4.78, 5) is 10.1. The van der Waals surface area contributed by atoms with E-state index in [1.165, 1.54) is 21.3 Å². The van der Waals surface area contributed by atoms with E-state index in [-0.39, 0.29) is 0 Å². The van der Waals surface area contributed by atoms with Gasteiger partial charge in [-0.25, -0.2) is 4.21 Å². The van der Waals surface area contributed by atoms with Gasteiger partial charge in [-0.1, -0.05) is 22.4 Å². The van der Waals surface area contributed by atoms with Crippen LogP contribution in [0.4, 0.5) is 0 Å². The molecule has 0 aliphatic heterocycles. The summed E-state index contributed by atoms with van der Waals surface area (Å²) in [6.45, 7) is 1.75. The smallest absolute Gasteiger partial charge is 0.188 e. The Hall–Kier alpha value is -1.73. The summed E-state index contributed by atoms with van der Waals surface area (Å²) >= 11 is -1.46. The Kier molecular flexibility index (Phi) is 6.17. The summed E-state index contributed by atoms with van der Waals surface area (Å²) in [7, 11) is 4.30. The molecule has 19 heavy (non-hydrogen) atoms. The zero-order valence-corrected chi connectivity index (χ0v) is 12.1. The molecule has 1 rings (SSSR count). The lowest BCUT2D eigenvalue weighted by molar-refractivity contribution is 0.210. The molecule has 0 radical (unpaired) electrons. The van der Waals surface area contributed by atoms with Gasteiger partial charge in [-0.3, -0.25) is 4.18 Å². The average Bonchev–Trinajstić information content (AvgIpc) is 2.44. The van der Waals surface area contributed by atoms with Crippen molar-refractivity contribution in [2.75, 3.05) is 21.3 Å². The van der Waals surface area contributed by atoms with Crippen LogP contribution in [-0.4, -0.2) is 37.0 Å². The van der Waals surface area contributed by atoms with Crippen molar-refractivity contribution in [3.63, 3.8) is 0 Å². The number of hydrogen-bond acceptors (Lipinski definition) is 6. The van der Waals surface area contributed by atoms with Crippen LogP contribution in [0.15, 0.2) is 39.5 Å². The van der Waals surface area contributed by atoms with Crippen LogP contribution >= 0.6 is 0 Å². The Bertz CT molecular complexity index is 497. The first kappa shape index (κ1) is 15.3. The molecular formula is C12H16N2O4S. The number of hydrogen-bond donors (Lipinski definition) is 0. The van der Waals surface area contributed by atoms with E-state index in [0.717, 1.165) is 5.56 Å². The Morgan fingerprint density at radius 2 is 1.63 bits per heavy atom. The van der Waals surface area contributed by atoms with E-state index in [1.54, 1.807) is 31.2 Å². The van der Waals surface area contributed by atoms with Gasteiger partial charge in [-0.2, -0.15) is 0 Å². The molecule has 0 aliphatic rings. The topological polar surface area (TPSA) is 69.5 Å². The second kappa shape index (κ2) is 7.65. The van der Waals surface area contributed by atoms with E-state index in [2.05, 4.69) is 10.3 Å². The number of oxime groups is 2. The minimum Gasteiger partial charge on any atom is -0.399 e. The molecule has 0 fully saturated rings. The maximum Gasteiger partial charge on any atom is 0.188 e. The van der Waals surface area contributed by atoms with Crippen molar-refractivity contribution in [2.45, 2.75) is 11.8 Å². The monoisotopic (exact) mass is 284 g/mol. The molecule has 0 bridgehead atoms. The zero-order valence-electron chi connectivity index (χ0n) is 11.2. The molecule has 104 valence electrons. The van der Waals surface area contributed by atoms with Crippen LogP contribution in [0.1, 0.15) is 12.5 Å². The molecule has 0 amide bonds. The van der Waals surface area contributed by atoms with Crippen molar-refractivity contribution in [2.24, 2.45) is 10.3 Å². The van der Waals surface area contributed by atoms with Gasteiger partial charge in [0.25, 0.3) is 0 Å². The van der Waals surface area contributed by atoms with Gasteiger partial charge < -0.3 is 9.68 Å². The summed E-state index contributed by atoms with van der Waals surface area (Å²) < 4.78 is 16.2. The maximum absolute atomic E-state index is 11.4. The molecule has 0 saturated carbocycles. The highest BCUT2D eigenvalue weighted by Crippen LogP contribution is 2.11. The van der Waals surface area contributed by atoms with Crippen LogP contribution in [0.2, 0.25) is 0 Å². The largest absolute Gasteiger partial charge is 0.399 e. The molecule has 0 aromatic heterocycles. The Balaban J connectivity index is 3.09. The fourth-order valence-corrected chi connectivity index (χ4v) is 1.97. The van der Waals surface area contributed by atoms with E-state index in [1.807, 2.05) is 0 Å². The minimum absolute atomic E-state index is 0.541. The molecule has 0 saturated heterocycles. The van der Waals surface area contributed by atoms with Crippen molar-refractivity contribution in [3.05, 3.63) is 29.8 Å². The first-order chi connectivity index (χ1) is 9.13. The minimum atomic E-state index is -1.46. The molecule has 0 N–H and O–H groups in total. The highest BCUT2D eigenvalue weighted by molar-refractivity contribution is 7.80. The molecule has 0 heterocycles. The van der Waals surface area contributed by atoms with Crippen LogP contribution in [0, 0.1) is 0 Å². The van der Waals surface area contributed by atoms with E-state index in [0.29, 0.717) is 16.3 Å². The van der Waals surface area contributed by atoms with E-state index >= 15 is 0 Å². The Morgan fingerprint density at radius 1 is 1.05 bits per heavy atom. The van der Waals surface area contributed by atoms with Crippen LogP contribution in [-0.2, 0) is 24.9 Å². The number of rotatable bonds is 6. The normalized spacial score (nSPS) is 14.1. The van der Waals surface area contributed by atoms with Gasteiger partial charge in [0.2, 0.25) is 0 Å². The van der Waals surface area contributed by atoms with Crippen molar-refractivity contribution in [1.29, 1.82) is 0 Å². The first-order valence-corrected chi connectivity index (χ1v) is 6.47. The molecule has 1 atom stereocenters. The van der Waals surface area contributed by atoms with Crippen LogP contribution in [0.25, 0.3) is 0 Å². The van der Waals surface area contributed by atoms with Crippen molar-refractivity contribution in [1.82, 2.24) is 0 Å². The van der Waals surface area contributed by atoms with Crippen LogP contribution in [0.5, 0.6) is 0 Å². The second-order valence-corrected chi connectivity index (χ2v) is 4.68. The third kappa shape index (κ3) is 4.15. The van der Waals surface area contributed by atoms with Crippen molar-refractivity contribution >= 4 is 22.5 Å². The van der Waals surface area contributed by atoms with Crippen LogP contribution < -0.4 is 0 Å². The predicted octanol–water partition coefficient (Wildman–Crippen LogP) is 1.73. The van der Waals surface area contributed by atoms with Gasteiger partial charge in [-0.05, 0) is 19.1 Å². The molecule has 0 aliphatic carbocycles. The van der Waals surface area contributed by atoms with Crippen LogP contribution in [0.3, 0.4) is 0 Å². The van der Waals surface area contributed by atoms with Gasteiger partial charge >= 0.3 is 0 Å². The molecular weight excluding hydrogens is 268 g/mol. The number of nitrogens with zero attached hydrogens (tertiary/aromatic N) is 2. The molecule has 1 aromatic rings. The van der Waals surface area contributed by atoms with E-state index < -0.39 is 11.1 Å². The highest BCUT2D eigenvalue weighted by Gasteiger charge is 2.11. The van der Waals surface area contributed by atoms with Crippen molar-refractivity contribution in [3.8, 4) is 0 Å². The quantitative estimate of drug-likeness (QED) is 0.589. The van der Waals surface area contributed by atoms with E-state index in [9.17, 15) is 4.21 Å². The lowest BCUT2D eigenvalue weighted by Gasteiger charge is -2.06. The average molecular weight is 284 g/mol. The molecule has 0 spiro atoms. The highest BCUT2D eigenvalue weighted by atomic mass is 32.2. The van der Waals surface area contributed by atoms with Gasteiger partial charge in [0, 0.05) is 5.56 Å². The summed E-state index contributed by atoms with van der Waals surface area (Å²) in [5.41, 5.74) is 1.89. The molecule has 6 nitrogen and oxygen atoms in total. The Labute approximate surface area is 114 Å². The first-order valence-electron chi connectivity index (χ1n) is 5.40. The molecule has 1 unspecified atom stereocenters. The van der Waals surface area contributed by atoms with Gasteiger partial charge in [0.1, 0.15) is 25.6 Å². The fraction of sp³-hybridized carbons (Fsp3) is 0.333.